The molecule has 1 aliphatic rings. The standard InChI is InChI=1S/C34H39FN6O3/c1-3-25(31(42)43)23-24-9-15-30(16-10-24)44-22-21-40(2)33-37-32(36-29-13-11-28(35)12-14-29)38-34(39-33)41-19-17-27(18-20-41)26-7-5-4-6-8-26/h4-16,25,27H,3,17-23H2,1-2H3,(H,42,43)(H,36,37,38,39). The molecule has 4 aromatic rings. The lowest BCUT2D eigenvalue weighted by molar-refractivity contribution is -0.141. The smallest absolute Gasteiger partial charge is 0.306 e. The number of piperidine rings is 1. The second kappa shape index (κ2) is 14.6. The summed E-state index contributed by atoms with van der Waals surface area (Å²) in [6.07, 6.45) is 3.09. The van der Waals surface area contributed by atoms with Crippen molar-refractivity contribution in [2.24, 2.45) is 5.92 Å². The van der Waals surface area contributed by atoms with Gasteiger partial charge in [-0.15, -0.1) is 0 Å². The average molecular weight is 599 g/mol. The fourth-order valence-corrected chi connectivity index (χ4v) is 5.34. The van der Waals surface area contributed by atoms with Crippen LogP contribution < -0.4 is 19.9 Å². The normalized spacial score (nSPS) is 14.2. The van der Waals surface area contributed by atoms with Crippen molar-refractivity contribution in [1.29, 1.82) is 0 Å². The maximum Gasteiger partial charge on any atom is 0.306 e. The van der Waals surface area contributed by atoms with E-state index in [2.05, 4.69) is 39.5 Å². The van der Waals surface area contributed by atoms with E-state index in [1.54, 1.807) is 12.1 Å². The maximum absolute atomic E-state index is 13.5. The Morgan fingerprint density at radius 1 is 1.02 bits per heavy atom. The van der Waals surface area contributed by atoms with E-state index in [4.69, 9.17) is 14.7 Å². The van der Waals surface area contributed by atoms with Gasteiger partial charge in [-0.05, 0) is 79.1 Å². The van der Waals surface area contributed by atoms with E-state index in [-0.39, 0.29) is 5.82 Å². The summed E-state index contributed by atoms with van der Waals surface area (Å²) < 4.78 is 19.5. The van der Waals surface area contributed by atoms with Crippen LogP contribution >= 0.6 is 0 Å². The van der Waals surface area contributed by atoms with Crippen molar-refractivity contribution >= 4 is 29.5 Å². The monoisotopic (exact) mass is 598 g/mol. The number of benzene rings is 3. The van der Waals surface area contributed by atoms with Crippen LogP contribution in [0.1, 0.15) is 43.2 Å². The largest absolute Gasteiger partial charge is 0.492 e. The van der Waals surface area contributed by atoms with E-state index in [0.717, 1.165) is 31.5 Å². The third-order valence-electron chi connectivity index (χ3n) is 8.05. The van der Waals surface area contributed by atoms with Crippen LogP contribution in [0.5, 0.6) is 5.75 Å². The Kier molecular flexibility index (Phi) is 10.2. The van der Waals surface area contributed by atoms with Crippen LogP contribution in [0, 0.1) is 11.7 Å². The number of aromatic nitrogens is 3. The molecule has 44 heavy (non-hydrogen) atoms. The molecule has 1 atom stereocenters. The minimum absolute atomic E-state index is 0.311. The highest BCUT2D eigenvalue weighted by atomic mass is 19.1. The highest BCUT2D eigenvalue weighted by molar-refractivity contribution is 5.70. The number of carboxylic acids is 1. The number of anilines is 4. The molecule has 5 rings (SSSR count). The van der Waals surface area contributed by atoms with E-state index in [0.29, 0.717) is 61.2 Å². The number of nitrogens with zero attached hydrogens (tertiary/aromatic N) is 5. The molecule has 10 heteroatoms. The summed E-state index contributed by atoms with van der Waals surface area (Å²) in [6.45, 7) is 4.46. The van der Waals surface area contributed by atoms with E-state index >= 15 is 0 Å². The van der Waals surface area contributed by atoms with Gasteiger partial charge in [-0.1, -0.05) is 49.4 Å². The zero-order chi connectivity index (χ0) is 30.9. The van der Waals surface area contributed by atoms with Crippen LogP contribution in [0.4, 0.5) is 27.9 Å². The lowest BCUT2D eigenvalue weighted by atomic mass is 9.90. The first kappa shape index (κ1) is 30.7. The fourth-order valence-electron chi connectivity index (χ4n) is 5.34. The summed E-state index contributed by atoms with van der Waals surface area (Å²) in [5.74, 6) is 1.23. The molecule has 1 aliphatic heterocycles. The Morgan fingerprint density at radius 3 is 2.39 bits per heavy atom. The van der Waals surface area contributed by atoms with E-state index in [1.807, 2.05) is 49.2 Å². The minimum atomic E-state index is -0.773. The summed E-state index contributed by atoms with van der Waals surface area (Å²) in [4.78, 5) is 29.7. The summed E-state index contributed by atoms with van der Waals surface area (Å²) in [5.41, 5.74) is 3.01. The second-order valence-electron chi connectivity index (χ2n) is 11.1. The number of aliphatic carboxylic acids is 1. The average Bonchev–Trinajstić information content (AvgIpc) is 3.05. The molecule has 230 valence electrons. The van der Waals surface area contributed by atoms with Crippen LogP contribution in [0.3, 0.4) is 0 Å². The van der Waals surface area contributed by atoms with Gasteiger partial charge in [0.15, 0.2) is 0 Å². The predicted octanol–water partition coefficient (Wildman–Crippen LogP) is 6.31. The summed E-state index contributed by atoms with van der Waals surface area (Å²) in [6, 6.07) is 24.3. The van der Waals surface area contributed by atoms with Crippen LogP contribution in [0.15, 0.2) is 78.9 Å². The first-order valence-electron chi connectivity index (χ1n) is 15.1. The topological polar surface area (TPSA) is 104 Å². The molecule has 0 spiro atoms. The molecule has 0 bridgehead atoms. The highest BCUT2D eigenvalue weighted by Gasteiger charge is 2.24. The lowest BCUT2D eigenvalue weighted by Gasteiger charge is -2.32. The number of carbonyl (C=O) groups is 1. The Hall–Kier alpha value is -4.73. The Labute approximate surface area is 257 Å². The van der Waals surface area contributed by atoms with Gasteiger partial charge in [0.05, 0.1) is 12.5 Å². The zero-order valence-electron chi connectivity index (χ0n) is 25.2. The molecule has 9 nitrogen and oxygen atoms in total. The summed E-state index contributed by atoms with van der Waals surface area (Å²) in [7, 11) is 1.91. The molecule has 1 unspecified atom stereocenters. The van der Waals surface area contributed by atoms with Crippen molar-refractivity contribution in [1.82, 2.24) is 15.0 Å². The van der Waals surface area contributed by atoms with Crippen molar-refractivity contribution in [2.75, 3.05) is 48.4 Å². The predicted molar refractivity (Wildman–Crippen MR) is 170 cm³/mol. The van der Waals surface area contributed by atoms with E-state index < -0.39 is 11.9 Å². The van der Waals surface area contributed by atoms with Gasteiger partial charge in [-0.3, -0.25) is 4.79 Å². The molecule has 1 saturated heterocycles. The Morgan fingerprint density at radius 2 is 1.73 bits per heavy atom. The quantitative estimate of drug-likeness (QED) is 0.183. The summed E-state index contributed by atoms with van der Waals surface area (Å²) in [5, 5.41) is 12.5. The SMILES string of the molecule is CCC(Cc1ccc(OCCN(C)c2nc(Nc3ccc(F)cc3)nc(N3CCC(c4ccccc4)CC3)n2)cc1)C(=O)O. The van der Waals surface area contributed by atoms with Crippen LogP contribution in [-0.4, -0.2) is 59.3 Å². The highest BCUT2D eigenvalue weighted by Crippen LogP contribution is 2.30. The molecule has 0 amide bonds. The van der Waals surface area contributed by atoms with Gasteiger partial charge in [0, 0.05) is 25.8 Å². The van der Waals surface area contributed by atoms with Crippen LogP contribution in [0.2, 0.25) is 0 Å². The Bertz CT molecular complexity index is 1500. The number of halogens is 1. The number of nitrogens with one attached hydrogen (secondary N) is 1. The van der Waals surface area contributed by atoms with Crippen molar-refractivity contribution in [3.05, 3.63) is 95.8 Å². The van der Waals surface area contributed by atoms with E-state index in [1.165, 1.54) is 17.7 Å². The number of rotatable bonds is 13. The van der Waals surface area contributed by atoms with Gasteiger partial charge in [-0.25, -0.2) is 4.39 Å². The van der Waals surface area contributed by atoms with Crippen molar-refractivity contribution < 1.29 is 19.0 Å². The third-order valence-corrected chi connectivity index (χ3v) is 8.05. The van der Waals surface area contributed by atoms with Gasteiger partial charge in [0.25, 0.3) is 0 Å². The van der Waals surface area contributed by atoms with Crippen molar-refractivity contribution in [3.8, 4) is 5.75 Å². The molecule has 0 radical (unpaired) electrons. The Balaban J connectivity index is 1.24. The number of likely N-dealkylation sites (N-methyl/N-ethyl adjacent to an activating group) is 1. The molecule has 2 N–H and O–H groups in total. The maximum atomic E-state index is 13.5. The first-order chi connectivity index (χ1) is 21.4. The number of carboxylic acid groups (broad SMARTS) is 1. The first-order valence-corrected chi connectivity index (χ1v) is 15.1. The number of ether oxygens (including phenoxy) is 1. The van der Waals surface area contributed by atoms with Crippen LogP contribution in [0.25, 0.3) is 0 Å². The van der Waals surface area contributed by atoms with Crippen molar-refractivity contribution in [3.63, 3.8) is 0 Å². The number of hydrogen-bond acceptors (Lipinski definition) is 8. The van der Waals surface area contributed by atoms with Crippen molar-refractivity contribution in [2.45, 2.75) is 38.5 Å². The molecular formula is C34H39FN6O3. The third kappa shape index (κ3) is 8.21. The molecule has 0 saturated carbocycles. The van der Waals surface area contributed by atoms with Crippen LogP contribution in [-0.2, 0) is 11.2 Å². The molecular weight excluding hydrogens is 559 g/mol. The number of hydrogen-bond donors (Lipinski definition) is 2. The van der Waals surface area contributed by atoms with Gasteiger partial charge in [0.2, 0.25) is 17.8 Å². The minimum Gasteiger partial charge on any atom is -0.492 e. The lowest BCUT2D eigenvalue weighted by Crippen LogP contribution is -2.35. The molecule has 1 aromatic heterocycles. The van der Waals surface area contributed by atoms with Gasteiger partial charge >= 0.3 is 5.97 Å². The van der Waals surface area contributed by atoms with Gasteiger partial charge < -0.3 is 25.0 Å². The van der Waals surface area contributed by atoms with Gasteiger partial charge in [-0.2, -0.15) is 15.0 Å². The zero-order valence-corrected chi connectivity index (χ0v) is 25.2. The molecule has 1 fully saturated rings. The second-order valence-corrected chi connectivity index (χ2v) is 11.1. The molecule has 3 aromatic carbocycles. The molecule has 0 aliphatic carbocycles. The van der Waals surface area contributed by atoms with E-state index in [9.17, 15) is 14.3 Å². The molecule has 2 heterocycles. The van der Waals surface area contributed by atoms with Gasteiger partial charge in [0.1, 0.15) is 18.2 Å². The summed E-state index contributed by atoms with van der Waals surface area (Å²) >= 11 is 0. The fraction of sp³-hybridized carbons (Fsp3) is 0.353.